The monoisotopic (exact) mass is 114 g/mol. The zero-order valence-electron chi connectivity index (χ0n) is 4.96. The van der Waals surface area contributed by atoms with E-state index in [1.165, 1.54) is 0 Å². The molecule has 2 fully saturated rings. The normalized spacial score (nSPS) is 51.4. The van der Waals surface area contributed by atoms with E-state index in [4.69, 9.17) is 9.47 Å². The van der Waals surface area contributed by atoms with Gasteiger partial charge in [0.1, 0.15) is 0 Å². The molecule has 0 N–H and O–H groups in total. The second-order valence-corrected chi connectivity index (χ2v) is 2.57. The third-order valence-corrected chi connectivity index (χ3v) is 2.15. The summed E-state index contributed by atoms with van der Waals surface area (Å²) in [7, 11) is 1.78. The topological polar surface area (TPSA) is 18.5 Å². The summed E-state index contributed by atoms with van der Waals surface area (Å²) in [6.45, 7) is 1.87. The molecule has 0 aromatic heterocycles. The van der Waals surface area contributed by atoms with Crippen LogP contribution in [-0.4, -0.2) is 26.4 Å². The molecule has 8 heavy (non-hydrogen) atoms. The Bertz CT molecular complexity index is 85.9. The van der Waals surface area contributed by atoms with Gasteiger partial charge in [-0.3, -0.25) is 0 Å². The van der Waals surface area contributed by atoms with E-state index in [9.17, 15) is 0 Å². The summed E-state index contributed by atoms with van der Waals surface area (Å²) in [4.78, 5) is 0. The first-order chi connectivity index (χ1) is 3.93. The molecule has 0 radical (unpaired) electrons. The molecule has 1 saturated heterocycles. The van der Waals surface area contributed by atoms with Crippen LogP contribution in [0.5, 0.6) is 0 Å². The van der Waals surface area contributed by atoms with Crippen LogP contribution in [0.3, 0.4) is 0 Å². The van der Waals surface area contributed by atoms with Crippen molar-refractivity contribution in [3.05, 3.63) is 0 Å². The van der Waals surface area contributed by atoms with Gasteiger partial charge >= 0.3 is 0 Å². The molecule has 46 valence electrons. The van der Waals surface area contributed by atoms with Crippen LogP contribution in [0.2, 0.25) is 0 Å². The highest BCUT2D eigenvalue weighted by Gasteiger charge is 2.54. The molecule has 1 heterocycles. The van der Waals surface area contributed by atoms with Gasteiger partial charge in [-0.1, -0.05) is 0 Å². The summed E-state index contributed by atoms with van der Waals surface area (Å²) >= 11 is 0. The molecule has 0 bridgehead atoms. The Hall–Kier alpha value is -0.0800. The molecule has 2 aliphatic rings. The lowest BCUT2D eigenvalue weighted by Crippen LogP contribution is -2.03. The third-order valence-electron chi connectivity index (χ3n) is 2.15. The number of ether oxygens (including phenoxy) is 2. The molecule has 0 aromatic carbocycles. The minimum absolute atomic E-state index is 0.545. The van der Waals surface area contributed by atoms with Crippen LogP contribution >= 0.6 is 0 Å². The van der Waals surface area contributed by atoms with Crippen molar-refractivity contribution in [3.63, 3.8) is 0 Å². The maximum Gasteiger partial charge on any atom is 0.0680 e. The predicted octanol–water partition coefficient (Wildman–Crippen LogP) is 0.278. The van der Waals surface area contributed by atoms with Crippen LogP contribution in [-0.2, 0) is 9.47 Å². The van der Waals surface area contributed by atoms with Crippen molar-refractivity contribution in [1.29, 1.82) is 0 Å². The van der Waals surface area contributed by atoms with Gasteiger partial charge < -0.3 is 9.47 Å². The molecule has 1 aliphatic carbocycles. The van der Waals surface area contributed by atoms with E-state index in [2.05, 4.69) is 0 Å². The molecule has 2 unspecified atom stereocenters. The molecule has 0 aromatic rings. The van der Waals surface area contributed by atoms with Gasteiger partial charge in [0.2, 0.25) is 0 Å². The van der Waals surface area contributed by atoms with Crippen LogP contribution in [0, 0.1) is 11.8 Å². The Morgan fingerprint density at radius 3 is 2.38 bits per heavy atom. The van der Waals surface area contributed by atoms with E-state index in [-0.39, 0.29) is 0 Å². The van der Waals surface area contributed by atoms with Crippen molar-refractivity contribution >= 4 is 0 Å². The van der Waals surface area contributed by atoms with Gasteiger partial charge in [0.05, 0.1) is 19.3 Å². The highest BCUT2D eigenvalue weighted by molar-refractivity contribution is 5.01. The van der Waals surface area contributed by atoms with E-state index < -0.39 is 0 Å². The molecular weight excluding hydrogens is 104 g/mol. The molecule has 2 nitrogen and oxygen atoms in total. The van der Waals surface area contributed by atoms with Gasteiger partial charge in [-0.2, -0.15) is 0 Å². The van der Waals surface area contributed by atoms with Gasteiger partial charge in [-0.15, -0.1) is 0 Å². The first-order valence-corrected chi connectivity index (χ1v) is 3.04. The Labute approximate surface area is 48.8 Å². The lowest BCUT2D eigenvalue weighted by Gasteiger charge is -1.98. The van der Waals surface area contributed by atoms with Crippen LogP contribution in [0.4, 0.5) is 0 Å². The summed E-state index contributed by atoms with van der Waals surface area (Å²) in [6, 6.07) is 0. The zero-order chi connectivity index (χ0) is 5.56. The highest BCUT2D eigenvalue weighted by Crippen LogP contribution is 2.45. The standard InChI is InChI=1S/C6H10O2/c1-7-6-4-2-8-3-5(4)6/h4-6H,2-3H2,1H3. The van der Waals surface area contributed by atoms with Gasteiger partial charge in [-0.05, 0) is 0 Å². The van der Waals surface area contributed by atoms with E-state index in [1.54, 1.807) is 7.11 Å². The second-order valence-electron chi connectivity index (χ2n) is 2.57. The van der Waals surface area contributed by atoms with Crippen molar-refractivity contribution in [3.8, 4) is 0 Å². The summed E-state index contributed by atoms with van der Waals surface area (Å²) < 4.78 is 10.3. The van der Waals surface area contributed by atoms with Gasteiger partial charge in [0.15, 0.2) is 0 Å². The van der Waals surface area contributed by atoms with Crippen molar-refractivity contribution in [2.24, 2.45) is 11.8 Å². The lowest BCUT2D eigenvalue weighted by atomic mass is 10.4. The average Bonchev–Trinajstić information content (AvgIpc) is 2.22. The smallest absolute Gasteiger partial charge is 0.0680 e. The molecule has 1 saturated carbocycles. The molecule has 2 atom stereocenters. The van der Waals surface area contributed by atoms with Crippen LogP contribution < -0.4 is 0 Å². The van der Waals surface area contributed by atoms with E-state index in [1.807, 2.05) is 0 Å². The predicted molar refractivity (Wildman–Crippen MR) is 28.6 cm³/mol. The van der Waals surface area contributed by atoms with Crippen molar-refractivity contribution in [2.75, 3.05) is 20.3 Å². The fourth-order valence-electron chi connectivity index (χ4n) is 1.54. The van der Waals surface area contributed by atoms with Crippen molar-refractivity contribution in [1.82, 2.24) is 0 Å². The summed E-state index contributed by atoms with van der Waals surface area (Å²) in [5, 5.41) is 0. The van der Waals surface area contributed by atoms with E-state index >= 15 is 0 Å². The number of fused-ring (bicyclic) bond motifs is 1. The number of methoxy groups -OCH3 is 1. The first kappa shape index (κ1) is 4.77. The Morgan fingerprint density at radius 2 is 2.00 bits per heavy atom. The minimum Gasteiger partial charge on any atom is -0.381 e. The van der Waals surface area contributed by atoms with Crippen LogP contribution in [0.25, 0.3) is 0 Å². The first-order valence-electron chi connectivity index (χ1n) is 3.04. The number of hydrogen-bond donors (Lipinski definition) is 0. The minimum atomic E-state index is 0.545. The highest BCUT2D eigenvalue weighted by atomic mass is 16.5. The fourth-order valence-corrected chi connectivity index (χ4v) is 1.54. The summed E-state index contributed by atoms with van der Waals surface area (Å²) in [5.41, 5.74) is 0. The van der Waals surface area contributed by atoms with Gasteiger partial charge in [0, 0.05) is 18.9 Å². The molecule has 2 rings (SSSR count). The maximum atomic E-state index is 5.16. The Kier molecular flexibility index (Phi) is 0.866. The quantitative estimate of drug-likeness (QED) is 0.487. The van der Waals surface area contributed by atoms with Crippen molar-refractivity contribution in [2.45, 2.75) is 6.10 Å². The number of rotatable bonds is 1. The van der Waals surface area contributed by atoms with E-state index in [0.29, 0.717) is 6.10 Å². The lowest BCUT2D eigenvalue weighted by molar-refractivity contribution is 0.0816. The maximum absolute atomic E-state index is 5.16. The molecule has 1 aliphatic heterocycles. The van der Waals surface area contributed by atoms with Gasteiger partial charge in [-0.25, -0.2) is 0 Å². The Balaban J connectivity index is 1.94. The van der Waals surface area contributed by atoms with Crippen LogP contribution in [0.1, 0.15) is 0 Å². The fraction of sp³-hybridized carbons (Fsp3) is 1.00. The SMILES string of the molecule is COC1C2COCC21. The largest absolute Gasteiger partial charge is 0.381 e. The number of hydrogen-bond acceptors (Lipinski definition) is 2. The molecule has 2 heteroatoms. The van der Waals surface area contributed by atoms with Crippen LogP contribution in [0.15, 0.2) is 0 Å². The van der Waals surface area contributed by atoms with Crippen molar-refractivity contribution < 1.29 is 9.47 Å². The summed E-state index contributed by atoms with van der Waals surface area (Å²) in [5.74, 6) is 1.50. The third kappa shape index (κ3) is 0.446. The Morgan fingerprint density at radius 1 is 1.38 bits per heavy atom. The van der Waals surface area contributed by atoms with Gasteiger partial charge in [0.25, 0.3) is 0 Å². The molecule has 0 amide bonds. The average molecular weight is 114 g/mol. The second kappa shape index (κ2) is 1.45. The van der Waals surface area contributed by atoms with E-state index in [0.717, 1.165) is 25.0 Å². The zero-order valence-corrected chi connectivity index (χ0v) is 4.96. The molecule has 0 spiro atoms. The summed E-state index contributed by atoms with van der Waals surface area (Å²) in [6.07, 6.45) is 0.545. The molecular formula is C6H10O2.